The average Bonchev–Trinajstić information content (AvgIpc) is 2.68. The van der Waals surface area contributed by atoms with Gasteiger partial charge < -0.3 is 9.80 Å². The van der Waals surface area contributed by atoms with Crippen LogP contribution in [0.1, 0.15) is 62.0 Å². The van der Waals surface area contributed by atoms with E-state index in [9.17, 15) is 9.59 Å². The summed E-state index contributed by atoms with van der Waals surface area (Å²) >= 11 is 0. The van der Waals surface area contributed by atoms with Gasteiger partial charge in [0.1, 0.15) is 11.8 Å². The summed E-state index contributed by atoms with van der Waals surface area (Å²) in [5, 5.41) is 8.87. The van der Waals surface area contributed by atoms with Gasteiger partial charge in [-0.1, -0.05) is 13.8 Å². The molecular formula is C21H28N4O2. The SMILES string of the molecule is CC(C)CCN1C[C@@]2(CCCN(C(=O)c3ccc(C#N)nc3)C2)CCC1=O. The second-order valence-electron chi connectivity index (χ2n) is 8.37. The van der Waals surface area contributed by atoms with E-state index in [1.807, 2.05) is 15.9 Å². The predicted octanol–water partition coefficient (Wildman–Crippen LogP) is 2.84. The Morgan fingerprint density at radius 2 is 2.15 bits per heavy atom. The van der Waals surface area contributed by atoms with Gasteiger partial charge in [-0.15, -0.1) is 0 Å². The molecule has 0 saturated carbocycles. The van der Waals surface area contributed by atoms with Crippen LogP contribution in [0.3, 0.4) is 0 Å². The van der Waals surface area contributed by atoms with E-state index in [0.717, 1.165) is 45.3 Å². The number of nitriles is 1. The maximum absolute atomic E-state index is 12.9. The summed E-state index contributed by atoms with van der Waals surface area (Å²) in [5.41, 5.74) is 0.849. The summed E-state index contributed by atoms with van der Waals surface area (Å²) in [5.74, 6) is 0.793. The highest BCUT2D eigenvalue weighted by atomic mass is 16.2. The summed E-state index contributed by atoms with van der Waals surface area (Å²) in [7, 11) is 0. The lowest BCUT2D eigenvalue weighted by atomic mass is 9.73. The van der Waals surface area contributed by atoms with Crippen molar-refractivity contribution in [1.29, 1.82) is 5.26 Å². The van der Waals surface area contributed by atoms with Crippen LogP contribution in [0.2, 0.25) is 0 Å². The number of piperidine rings is 2. The third-order valence-electron chi connectivity index (χ3n) is 5.80. The zero-order chi connectivity index (χ0) is 19.4. The molecule has 2 aliphatic rings. The second-order valence-corrected chi connectivity index (χ2v) is 8.37. The second kappa shape index (κ2) is 8.08. The number of hydrogen-bond donors (Lipinski definition) is 0. The molecule has 0 bridgehead atoms. The Morgan fingerprint density at radius 3 is 2.81 bits per heavy atom. The predicted molar refractivity (Wildman–Crippen MR) is 102 cm³/mol. The molecular weight excluding hydrogens is 340 g/mol. The number of rotatable bonds is 4. The first-order valence-electron chi connectivity index (χ1n) is 9.86. The van der Waals surface area contributed by atoms with Crippen molar-refractivity contribution < 1.29 is 9.59 Å². The normalized spacial score (nSPS) is 23.0. The van der Waals surface area contributed by atoms with Crippen LogP contribution in [-0.2, 0) is 4.79 Å². The van der Waals surface area contributed by atoms with Crippen molar-refractivity contribution in [2.45, 2.75) is 46.0 Å². The van der Waals surface area contributed by atoms with E-state index in [-0.39, 0.29) is 17.2 Å². The molecule has 3 rings (SSSR count). The monoisotopic (exact) mass is 368 g/mol. The third-order valence-corrected chi connectivity index (χ3v) is 5.80. The van der Waals surface area contributed by atoms with Gasteiger partial charge in [-0.25, -0.2) is 4.98 Å². The fraction of sp³-hybridized carbons (Fsp3) is 0.619. The molecule has 1 aromatic rings. The van der Waals surface area contributed by atoms with Crippen LogP contribution in [0.15, 0.2) is 18.3 Å². The van der Waals surface area contributed by atoms with Crippen LogP contribution < -0.4 is 0 Å². The number of carbonyl (C=O) groups excluding carboxylic acids is 2. The van der Waals surface area contributed by atoms with Gasteiger partial charge in [0.15, 0.2) is 0 Å². The summed E-state index contributed by atoms with van der Waals surface area (Å²) in [6.07, 6.45) is 5.97. The van der Waals surface area contributed by atoms with Crippen LogP contribution in [0, 0.1) is 22.7 Å². The highest BCUT2D eigenvalue weighted by Crippen LogP contribution is 2.39. The fourth-order valence-corrected chi connectivity index (χ4v) is 4.20. The topological polar surface area (TPSA) is 77.3 Å². The third kappa shape index (κ3) is 4.47. The van der Waals surface area contributed by atoms with Crippen LogP contribution in [0.25, 0.3) is 0 Å². The number of amides is 2. The summed E-state index contributed by atoms with van der Waals surface area (Å²) in [6.45, 7) is 7.35. The molecule has 6 heteroatoms. The largest absolute Gasteiger partial charge is 0.342 e. The van der Waals surface area contributed by atoms with E-state index in [0.29, 0.717) is 30.1 Å². The van der Waals surface area contributed by atoms with E-state index < -0.39 is 0 Å². The Kier molecular flexibility index (Phi) is 5.79. The van der Waals surface area contributed by atoms with Crippen molar-refractivity contribution in [3.05, 3.63) is 29.6 Å². The maximum atomic E-state index is 12.9. The minimum absolute atomic E-state index is 0.0127. The minimum Gasteiger partial charge on any atom is -0.342 e. The van der Waals surface area contributed by atoms with Gasteiger partial charge >= 0.3 is 0 Å². The van der Waals surface area contributed by atoms with Crippen molar-refractivity contribution in [1.82, 2.24) is 14.8 Å². The molecule has 2 amide bonds. The first kappa shape index (κ1) is 19.3. The molecule has 27 heavy (non-hydrogen) atoms. The van der Waals surface area contributed by atoms with Gasteiger partial charge in [0.05, 0.1) is 5.56 Å². The molecule has 0 radical (unpaired) electrons. The molecule has 3 heterocycles. The number of likely N-dealkylation sites (tertiary alicyclic amines) is 2. The Labute approximate surface area is 161 Å². The molecule has 1 aromatic heterocycles. The minimum atomic E-state index is -0.0308. The summed E-state index contributed by atoms with van der Waals surface area (Å²) in [6, 6.07) is 5.23. The molecule has 0 unspecified atom stereocenters. The zero-order valence-electron chi connectivity index (χ0n) is 16.3. The van der Waals surface area contributed by atoms with Gasteiger partial charge in [-0.3, -0.25) is 9.59 Å². The quantitative estimate of drug-likeness (QED) is 0.819. The van der Waals surface area contributed by atoms with Crippen molar-refractivity contribution in [2.75, 3.05) is 26.2 Å². The summed E-state index contributed by atoms with van der Waals surface area (Å²) in [4.78, 5) is 33.2. The van der Waals surface area contributed by atoms with Crippen LogP contribution in [0.4, 0.5) is 0 Å². The van der Waals surface area contributed by atoms with Crippen LogP contribution in [-0.4, -0.2) is 52.8 Å². The van der Waals surface area contributed by atoms with Gasteiger partial charge in [0.25, 0.3) is 5.91 Å². The van der Waals surface area contributed by atoms with Crippen molar-refractivity contribution >= 4 is 11.8 Å². The lowest BCUT2D eigenvalue weighted by Gasteiger charge is -2.48. The Hall–Kier alpha value is -2.42. The lowest BCUT2D eigenvalue weighted by molar-refractivity contribution is -0.139. The maximum Gasteiger partial charge on any atom is 0.255 e. The smallest absolute Gasteiger partial charge is 0.255 e. The summed E-state index contributed by atoms with van der Waals surface area (Å²) < 4.78 is 0. The lowest BCUT2D eigenvalue weighted by Crippen LogP contribution is -2.55. The van der Waals surface area contributed by atoms with Crippen LogP contribution in [0.5, 0.6) is 0 Å². The number of aromatic nitrogens is 1. The standard InChI is InChI=1S/C21H28N4O2/c1-16(2)7-11-24-14-21(9-6-19(24)26)8-3-10-25(15-21)20(27)17-4-5-18(12-22)23-13-17/h4-5,13,16H,3,6-11,14-15H2,1-2H3/t21-/m1/s1. The first-order valence-corrected chi connectivity index (χ1v) is 9.86. The molecule has 1 spiro atoms. The number of hydrogen-bond acceptors (Lipinski definition) is 4. The van der Waals surface area contributed by atoms with Crippen LogP contribution >= 0.6 is 0 Å². The molecule has 2 fully saturated rings. The number of pyridine rings is 1. The van der Waals surface area contributed by atoms with Gasteiger partial charge in [-0.05, 0) is 43.7 Å². The molecule has 1 atom stereocenters. The van der Waals surface area contributed by atoms with E-state index >= 15 is 0 Å². The molecule has 0 aromatic carbocycles. The average molecular weight is 368 g/mol. The highest BCUT2D eigenvalue weighted by molar-refractivity contribution is 5.94. The van der Waals surface area contributed by atoms with Gasteiger partial charge in [0.2, 0.25) is 5.91 Å². The Morgan fingerprint density at radius 1 is 1.33 bits per heavy atom. The van der Waals surface area contributed by atoms with Crippen molar-refractivity contribution in [3.63, 3.8) is 0 Å². The van der Waals surface area contributed by atoms with E-state index in [2.05, 4.69) is 18.8 Å². The molecule has 0 aliphatic carbocycles. The molecule has 6 nitrogen and oxygen atoms in total. The Balaban J connectivity index is 1.69. The highest BCUT2D eigenvalue weighted by Gasteiger charge is 2.42. The van der Waals surface area contributed by atoms with Crippen molar-refractivity contribution in [3.8, 4) is 6.07 Å². The zero-order valence-corrected chi connectivity index (χ0v) is 16.3. The fourth-order valence-electron chi connectivity index (χ4n) is 4.20. The first-order chi connectivity index (χ1) is 12.9. The Bertz CT molecular complexity index is 738. The van der Waals surface area contributed by atoms with Gasteiger partial charge in [-0.2, -0.15) is 5.26 Å². The number of nitrogens with zero attached hydrogens (tertiary/aromatic N) is 4. The molecule has 0 N–H and O–H groups in total. The van der Waals surface area contributed by atoms with E-state index in [1.54, 1.807) is 12.1 Å². The molecule has 144 valence electrons. The van der Waals surface area contributed by atoms with Crippen molar-refractivity contribution in [2.24, 2.45) is 11.3 Å². The van der Waals surface area contributed by atoms with E-state index in [1.165, 1.54) is 6.20 Å². The molecule has 2 saturated heterocycles. The van der Waals surface area contributed by atoms with Gasteiger partial charge in [0, 0.05) is 44.2 Å². The van der Waals surface area contributed by atoms with E-state index in [4.69, 9.17) is 5.26 Å². The number of carbonyl (C=O) groups is 2. The molecule has 2 aliphatic heterocycles.